The number of benzene rings is 1. The number of aromatic nitrogens is 3. The molecular formula is C18H20N4O. The van der Waals surface area contributed by atoms with Crippen molar-refractivity contribution in [3.05, 3.63) is 66.0 Å². The van der Waals surface area contributed by atoms with E-state index in [1.54, 1.807) is 10.9 Å². The minimum Gasteiger partial charge on any atom is -0.394 e. The second-order valence-corrected chi connectivity index (χ2v) is 5.33. The van der Waals surface area contributed by atoms with Gasteiger partial charge in [-0.15, -0.1) is 0 Å². The van der Waals surface area contributed by atoms with Crippen LogP contribution in [-0.2, 0) is 13.1 Å². The highest BCUT2D eigenvalue weighted by molar-refractivity contribution is 5.63. The summed E-state index contributed by atoms with van der Waals surface area (Å²) in [5.74, 6) is 0.890. The van der Waals surface area contributed by atoms with Gasteiger partial charge in [0.1, 0.15) is 5.82 Å². The predicted octanol–water partition coefficient (Wildman–Crippen LogP) is 2.86. The third-order valence-electron chi connectivity index (χ3n) is 3.74. The summed E-state index contributed by atoms with van der Waals surface area (Å²) in [6, 6.07) is 16.0. The second kappa shape index (κ2) is 7.07. The van der Waals surface area contributed by atoms with E-state index in [0.29, 0.717) is 13.1 Å². The Balaban J connectivity index is 1.83. The second-order valence-electron chi connectivity index (χ2n) is 5.33. The van der Waals surface area contributed by atoms with Gasteiger partial charge in [0.15, 0.2) is 0 Å². The Morgan fingerprint density at radius 2 is 1.96 bits per heavy atom. The number of anilines is 1. The first-order valence-electron chi connectivity index (χ1n) is 7.66. The SMILES string of the molecule is Cc1ncccc1CNc1cc(-c2ccccc2)nn1CCO. The molecule has 3 aromatic rings. The van der Waals surface area contributed by atoms with E-state index in [0.717, 1.165) is 28.3 Å². The Kier molecular flexibility index (Phi) is 4.68. The number of aryl methyl sites for hydroxylation is 1. The predicted molar refractivity (Wildman–Crippen MR) is 91.0 cm³/mol. The molecule has 0 radical (unpaired) electrons. The Labute approximate surface area is 135 Å². The zero-order chi connectivity index (χ0) is 16.1. The van der Waals surface area contributed by atoms with Gasteiger partial charge in [-0.3, -0.25) is 4.98 Å². The number of pyridine rings is 1. The van der Waals surface area contributed by atoms with E-state index in [1.165, 1.54) is 0 Å². The molecule has 2 N–H and O–H groups in total. The molecule has 0 bridgehead atoms. The first-order chi connectivity index (χ1) is 11.3. The van der Waals surface area contributed by atoms with Crippen LogP contribution in [0.2, 0.25) is 0 Å². The van der Waals surface area contributed by atoms with E-state index in [9.17, 15) is 5.11 Å². The van der Waals surface area contributed by atoms with Crippen molar-refractivity contribution in [1.29, 1.82) is 0 Å². The smallest absolute Gasteiger partial charge is 0.125 e. The summed E-state index contributed by atoms with van der Waals surface area (Å²) in [7, 11) is 0. The maximum atomic E-state index is 9.25. The summed E-state index contributed by atoms with van der Waals surface area (Å²) >= 11 is 0. The lowest BCUT2D eigenvalue weighted by molar-refractivity contribution is 0.270. The van der Waals surface area contributed by atoms with E-state index >= 15 is 0 Å². The molecule has 5 nitrogen and oxygen atoms in total. The highest BCUT2D eigenvalue weighted by Gasteiger charge is 2.09. The van der Waals surface area contributed by atoms with Gasteiger partial charge in [0.2, 0.25) is 0 Å². The fraction of sp³-hybridized carbons (Fsp3) is 0.222. The van der Waals surface area contributed by atoms with Gasteiger partial charge in [-0.1, -0.05) is 36.4 Å². The Hall–Kier alpha value is -2.66. The van der Waals surface area contributed by atoms with Crippen LogP contribution in [0, 0.1) is 6.92 Å². The molecule has 0 aliphatic carbocycles. The molecule has 2 heterocycles. The van der Waals surface area contributed by atoms with Crippen LogP contribution in [-0.4, -0.2) is 26.5 Å². The van der Waals surface area contributed by atoms with Gasteiger partial charge in [0, 0.05) is 30.1 Å². The molecule has 0 saturated carbocycles. The molecule has 0 aliphatic rings. The summed E-state index contributed by atoms with van der Waals surface area (Å²) in [4.78, 5) is 4.30. The largest absolute Gasteiger partial charge is 0.394 e. The number of aliphatic hydroxyl groups excluding tert-OH is 1. The average molecular weight is 308 g/mol. The van der Waals surface area contributed by atoms with Crippen LogP contribution in [0.4, 0.5) is 5.82 Å². The first kappa shape index (κ1) is 15.2. The minimum absolute atomic E-state index is 0.0521. The van der Waals surface area contributed by atoms with E-state index < -0.39 is 0 Å². The van der Waals surface area contributed by atoms with Gasteiger partial charge in [0.25, 0.3) is 0 Å². The van der Waals surface area contributed by atoms with Crippen molar-refractivity contribution in [3.63, 3.8) is 0 Å². The molecule has 0 aliphatic heterocycles. The molecule has 0 spiro atoms. The van der Waals surface area contributed by atoms with E-state index in [4.69, 9.17) is 0 Å². The minimum atomic E-state index is 0.0521. The lowest BCUT2D eigenvalue weighted by Crippen LogP contribution is -2.11. The monoisotopic (exact) mass is 308 g/mol. The lowest BCUT2D eigenvalue weighted by atomic mass is 10.1. The van der Waals surface area contributed by atoms with Crippen molar-refractivity contribution >= 4 is 5.82 Å². The highest BCUT2D eigenvalue weighted by atomic mass is 16.3. The summed E-state index contributed by atoms with van der Waals surface area (Å²) in [6.07, 6.45) is 1.79. The Bertz CT molecular complexity index is 768. The standard InChI is InChI=1S/C18H20N4O/c1-14-16(8-5-9-19-14)13-20-18-12-17(21-22(18)10-11-23)15-6-3-2-4-7-15/h2-9,12,20,23H,10-11,13H2,1H3. The molecule has 0 unspecified atom stereocenters. The number of rotatable bonds is 6. The third-order valence-corrected chi connectivity index (χ3v) is 3.74. The summed E-state index contributed by atoms with van der Waals surface area (Å²) < 4.78 is 1.80. The number of hydrogen-bond acceptors (Lipinski definition) is 4. The average Bonchev–Trinajstić information content (AvgIpc) is 2.98. The van der Waals surface area contributed by atoms with Crippen molar-refractivity contribution < 1.29 is 5.11 Å². The molecule has 1 aromatic carbocycles. The molecule has 0 saturated heterocycles. The third kappa shape index (κ3) is 3.57. The number of hydrogen-bond donors (Lipinski definition) is 2. The fourth-order valence-corrected chi connectivity index (χ4v) is 2.46. The molecule has 0 atom stereocenters. The van der Waals surface area contributed by atoms with Crippen LogP contribution in [0.15, 0.2) is 54.7 Å². The molecule has 5 heteroatoms. The van der Waals surface area contributed by atoms with Crippen LogP contribution in [0.1, 0.15) is 11.3 Å². The van der Waals surface area contributed by atoms with Crippen LogP contribution in [0.25, 0.3) is 11.3 Å². The van der Waals surface area contributed by atoms with Gasteiger partial charge >= 0.3 is 0 Å². The van der Waals surface area contributed by atoms with Crippen LogP contribution in [0.3, 0.4) is 0 Å². The summed E-state index contributed by atoms with van der Waals surface area (Å²) in [5, 5.41) is 17.2. The van der Waals surface area contributed by atoms with Crippen molar-refractivity contribution in [2.45, 2.75) is 20.0 Å². The van der Waals surface area contributed by atoms with Crippen molar-refractivity contribution in [2.24, 2.45) is 0 Å². The quantitative estimate of drug-likeness (QED) is 0.735. The lowest BCUT2D eigenvalue weighted by Gasteiger charge is -2.09. The van der Waals surface area contributed by atoms with Crippen molar-refractivity contribution in [1.82, 2.24) is 14.8 Å². The molecule has 2 aromatic heterocycles. The van der Waals surface area contributed by atoms with Crippen molar-refractivity contribution in [3.8, 4) is 11.3 Å². The number of aliphatic hydroxyl groups is 1. The number of nitrogens with one attached hydrogen (secondary N) is 1. The fourth-order valence-electron chi connectivity index (χ4n) is 2.46. The summed E-state index contributed by atoms with van der Waals surface area (Å²) in [6.45, 7) is 3.18. The summed E-state index contributed by atoms with van der Waals surface area (Å²) in [5.41, 5.74) is 4.11. The first-order valence-corrected chi connectivity index (χ1v) is 7.66. The molecule has 3 rings (SSSR count). The van der Waals surface area contributed by atoms with Gasteiger partial charge in [-0.25, -0.2) is 4.68 Å². The Morgan fingerprint density at radius 3 is 2.70 bits per heavy atom. The maximum Gasteiger partial charge on any atom is 0.125 e. The van der Waals surface area contributed by atoms with Gasteiger partial charge in [0.05, 0.1) is 18.8 Å². The number of nitrogens with zero attached hydrogens (tertiary/aromatic N) is 3. The normalized spacial score (nSPS) is 10.7. The highest BCUT2D eigenvalue weighted by Crippen LogP contribution is 2.22. The maximum absolute atomic E-state index is 9.25. The topological polar surface area (TPSA) is 63.0 Å². The van der Waals surface area contributed by atoms with E-state index in [2.05, 4.69) is 21.5 Å². The van der Waals surface area contributed by atoms with Gasteiger partial charge in [-0.2, -0.15) is 5.10 Å². The van der Waals surface area contributed by atoms with Crippen LogP contribution < -0.4 is 5.32 Å². The van der Waals surface area contributed by atoms with Crippen molar-refractivity contribution in [2.75, 3.05) is 11.9 Å². The molecule has 23 heavy (non-hydrogen) atoms. The van der Waals surface area contributed by atoms with E-state index in [1.807, 2.05) is 49.4 Å². The Morgan fingerprint density at radius 1 is 1.13 bits per heavy atom. The molecular weight excluding hydrogens is 288 g/mol. The molecule has 0 amide bonds. The van der Waals surface area contributed by atoms with Gasteiger partial charge < -0.3 is 10.4 Å². The van der Waals surface area contributed by atoms with Crippen LogP contribution >= 0.6 is 0 Å². The zero-order valence-corrected chi connectivity index (χ0v) is 13.1. The zero-order valence-electron chi connectivity index (χ0n) is 13.1. The molecule has 0 fully saturated rings. The van der Waals surface area contributed by atoms with E-state index in [-0.39, 0.29) is 6.61 Å². The molecule has 118 valence electrons. The van der Waals surface area contributed by atoms with Crippen LogP contribution in [0.5, 0.6) is 0 Å². The van der Waals surface area contributed by atoms with Gasteiger partial charge in [-0.05, 0) is 18.6 Å².